The van der Waals surface area contributed by atoms with Crippen LogP contribution in [0.25, 0.3) is 0 Å². The van der Waals surface area contributed by atoms with Crippen molar-refractivity contribution in [3.63, 3.8) is 0 Å². The van der Waals surface area contributed by atoms with Crippen molar-refractivity contribution in [3.05, 3.63) is 96.6 Å². The van der Waals surface area contributed by atoms with Crippen LogP contribution in [0.3, 0.4) is 0 Å². The summed E-state index contributed by atoms with van der Waals surface area (Å²) in [6.45, 7) is 5.51. The van der Waals surface area contributed by atoms with Crippen molar-refractivity contribution in [1.29, 1.82) is 0 Å². The number of aliphatic hydroxyl groups excluding tert-OH is 1. The van der Waals surface area contributed by atoms with Gasteiger partial charge in [-0.05, 0) is 18.1 Å². The topological polar surface area (TPSA) is 38.7 Å². The average Bonchev–Trinajstić information content (AvgIpc) is 2.73. The summed E-state index contributed by atoms with van der Waals surface area (Å²) in [7, 11) is 0. The number of alkyl halides is 2. The fourth-order valence-electron chi connectivity index (χ4n) is 2.96. The molecule has 0 heterocycles. The number of aliphatic hydroxyl groups is 1. The second kappa shape index (κ2) is 11.6. The Bertz CT molecular complexity index is 747. The van der Waals surface area contributed by atoms with Crippen LogP contribution in [0.2, 0.25) is 0 Å². The smallest absolute Gasteiger partial charge is 0.285 e. The van der Waals surface area contributed by atoms with Gasteiger partial charge in [0.1, 0.15) is 6.10 Å². The third-order valence-corrected chi connectivity index (χ3v) is 4.57. The van der Waals surface area contributed by atoms with Crippen LogP contribution in [0.15, 0.2) is 85.5 Å². The minimum atomic E-state index is -3.45. The number of benzene rings is 2. The Balaban J connectivity index is 2.12. The van der Waals surface area contributed by atoms with E-state index in [1.807, 2.05) is 60.7 Å². The van der Waals surface area contributed by atoms with Crippen molar-refractivity contribution in [2.24, 2.45) is 5.92 Å². The molecule has 0 aliphatic carbocycles. The maximum atomic E-state index is 14.9. The van der Waals surface area contributed by atoms with Crippen LogP contribution in [0.4, 0.5) is 8.78 Å². The molecule has 0 aliphatic rings. The largest absolute Gasteiger partial charge is 0.383 e. The molecule has 3 nitrogen and oxygen atoms in total. The third-order valence-electron chi connectivity index (χ3n) is 4.57. The highest BCUT2D eigenvalue weighted by atomic mass is 19.3. The summed E-state index contributed by atoms with van der Waals surface area (Å²) < 4.78 is 41.3. The van der Waals surface area contributed by atoms with Gasteiger partial charge in [0.2, 0.25) is 0 Å². The van der Waals surface area contributed by atoms with Crippen molar-refractivity contribution in [2.45, 2.75) is 38.3 Å². The van der Waals surface area contributed by atoms with E-state index in [4.69, 9.17) is 9.47 Å². The van der Waals surface area contributed by atoms with Gasteiger partial charge >= 0.3 is 0 Å². The van der Waals surface area contributed by atoms with Gasteiger partial charge in [-0.25, -0.2) is 8.78 Å². The fraction of sp³-hybridized carbons (Fsp3) is 0.333. The first kappa shape index (κ1) is 22.9. The lowest BCUT2D eigenvalue weighted by atomic mass is 9.91. The number of allylic oxidation sites excluding steroid dienone is 1. The van der Waals surface area contributed by atoms with Crippen LogP contribution in [0.5, 0.6) is 0 Å². The highest BCUT2D eigenvalue weighted by Crippen LogP contribution is 2.34. The van der Waals surface area contributed by atoms with Crippen molar-refractivity contribution in [3.8, 4) is 0 Å². The number of halogens is 2. The maximum Gasteiger partial charge on any atom is 0.285 e. The van der Waals surface area contributed by atoms with Gasteiger partial charge < -0.3 is 14.6 Å². The molecule has 0 fully saturated rings. The summed E-state index contributed by atoms with van der Waals surface area (Å²) >= 11 is 0. The van der Waals surface area contributed by atoms with Gasteiger partial charge in [0.25, 0.3) is 5.92 Å². The van der Waals surface area contributed by atoms with Gasteiger partial charge in [-0.2, -0.15) is 0 Å². The molecule has 0 saturated carbocycles. The van der Waals surface area contributed by atoms with Crippen LogP contribution >= 0.6 is 0 Å². The van der Waals surface area contributed by atoms with Gasteiger partial charge in [0.05, 0.1) is 31.8 Å². The van der Waals surface area contributed by atoms with E-state index in [9.17, 15) is 13.9 Å². The molecule has 156 valence electrons. The first-order chi connectivity index (χ1) is 14.0. The summed E-state index contributed by atoms with van der Waals surface area (Å²) in [6, 6.07) is 18.8. The lowest BCUT2D eigenvalue weighted by Gasteiger charge is -2.33. The van der Waals surface area contributed by atoms with Crippen LogP contribution in [0, 0.1) is 5.92 Å². The van der Waals surface area contributed by atoms with Gasteiger partial charge in [-0.3, -0.25) is 0 Å². The lowest BCUT2D eigenvalue weighted by Crippen LogP contribution is -2.46. The molecule has 2 aromatic rings. The molecule has 1 unspecified atom stereocenters. The molecule has 0 saturated heterocycles. The minimum absolute atomic E-state index is 0.0590. The van der Waals surface area contributed by atoms with E-state index in [0.717, 1.165) is 23.3 Å². The zero-order valence-corrected chi connectivity index (χ0v) is 16.6. The highest BCUT2D eigenvalue weighted by molar-refractivity contribution is 5.14. The number of hydrogen-bond donors (Lipinski definition) is 1. The van der Waals surface area contributed by atoms with Gasteiger partial charge in [-0.15, -0.1) is 6.58 Å². The summed E-state index contributed by atoms with van der Waals surface area (Å²) in [6.07, 6.45) is 0.674. The Morgan fingerprint density at radius 3 is 2.07 bits per heavy atom. The first-order valence-corrected chi connectivity index (χ1v) is 9.57. The van der Waals surface area contributed by atoms with Crippen LogP contribution in [-0.4, -0.2) is 29.8 Å². The molecular formula is C24H28F2O3. The number of rotatable bonds is 12. The Labute approximate surface area is 171 Å². The molecule has 29 heavy (non-hydrogen) atoms. The van der Waals surface area contributed by atoms with Gasteiger partial charge in [0, 0.05) is 0 Å². The highest BCUT2D eigenvalue weighted by Gasteiger charge is 2.48. The predicted molar refractivity (Wildman–Crippen MR) is 111 cm³/mol. The van der Waals surface area contributed by atoms with E-state index in [1.54, 1.807) is 6.92 Å². The minimum Gasteiger partial charge on any atom is -0.383 e. The Morgan fingerprint density at radius 2 is 1.55 bits per heavy atom. The SMILES string of the molecule is C=C[C@@H]([C@@H](COCc1ccccc1)OCc1ccccc1)C(F)(F)C(O)/C=C/C. The molecule has 1 N–H and O–H groups in total. The summed E-state index contributed by atoms with van der Waals surface area (Å²) in [5, 5.41) is 9.94. The summed E-state index contributed by atoms with van der Waals surface area (Å²) in [4.78, 5) is 0. The fourth-order valence-corrected chi connectivity index (χ4v) is 2.96. The third kappa shape index (κ3) is 6.89. The number of ether oxygens (including phenoxy) is 2. The monoisotopic (exact) mass is 402 g/mol. The lowest BCUT2D eigenvalue weighted by molar-refractivity contribution is -0.166. The molecule has 0 aliphatic heterocycles. The van der Waals surface area contributed by atoms with E-state index in [2.05, 4.69) is 6.58 Å². The van der Waals surface area contributed by atoms with E-state index in [0.29, 0.717) is 0 Å². The molecule has 0 radical (unpaired) electrons. The second-order valence-corrected chi connectivity index (χ2v) is 6.74. The Kier molecular flexibility index (Phi) is 9.19. The molecular weight excluding hydrogens is 374 g/mol. The van der Waals surface area contributed by atoms with Gasteiger partial charge in [0.15, 0.2) is 0 Å². The van der Waals surface area contributed by atoms with Crippen LogP contribution < -0.4 is 0 Å². The van der Waals surface area contributed by atoms with Crippen molar-refractivity contribution in [2.75, 3.05) is 6.61 Å². The second-order valence-electron chi connectivity index (χ2n) is 6.74. The molecule has 5 heteroatoms. The standard InChI is InChI=1S/C24H28F2O3/c1-3-11-23(27)24(25,26)21(4-2)22(29-17-20-14-9-6-10-15-20)18-28-16-19-12-7-5-8-13-19/h3-15,21-23,27H,2,16-18H2,1H3/b11-3+/t21-,22+,23?/m0/s1. The molecule has 2 rings (SSSR count). The first-order valence-electron chi connectivity index (χ1n) is 9.57. The summed E-state index contributed by atoms with van der Waals surface area (Å²) in [5.74, 6) is -4.88. The average molecular weight is 402 g/mol. The maximum absolute atomic E-state index is 14.9. The Hall–Kier alpha value is -2.34. The zero-order chi connectivity index (χ0) is 21.1. The zero-order valence-electron chi connectivity index (χ0n) is 16.6. The molecule has 3 atom stereocenters. The van der Waals surface area contributed by atoms with Crippen LogP contribution in [0.1, 0.15) is 18.1 Å². The molecule has 0 amide bonds. The summed E-state index contributed by atoms with van der Waals surface area (Å²) in [5.41, 5.74) is 1.80. The molecule has 0 bridgehead atoms. The van der Waals surface area contributed by atoms with E-state index >= 15 is 0 Å². The van der Waals surface area contributed by atoms with Crippen molar-refractivity contribution in [1.82, 2.24) is 0 Å². The van der Waals surface area contributed by atoms with E-state index in [1.165, 1.54) is 6.08 Å². The van der Waals surface area contributed by atoms with Crippen molar-refractivity contribution >= 4 is 0 Å². The molecule has 0 aromatic heterocycles. The molecule has 2 aromatic carbocycles. The van der Waals surface area contributed by atoms with Crippen molar-refractivity contribution < 1.29 is 23.4 Å². The van der Waals surface area contributed by atoms with Gasteiger partial charge in [-0.1, -0.05) is 78.9 Å². The Morgan fingerprint density at radius 1 is 1.00 bits per heavy atom. The quantitative estimate of drug-likeness (QED) is 0.498. The number of hydrogen-bond acceptors (Lipinski definition) is 3. The van der Waals surface area contributed by atoms with E-state index in [-0.39, 0.29) is 19.8 Å². The normalized spacial score (nSPS) is 15.2. The van der Waals surface area contributed by atoms with Crippen LogP contribution in [-0.2, 0) is 22.7 Å². The van der Waals surface area contributed by atoms with E-state index < -0.39 is 24.0 Å². The molecule has 0 spiro atoms. The predicted octanol–water partition coefficient (Wildman–Crippen LogP) is 5.16.